The minimum atomic E-state index is -4.43. The van der Waals surface area contributed by atoms with Crippen LogP contribution in [0.5, 0.6) is 0 Å². The molecule has 2 nitrogen and oxygen atoms in total. The van der Waals surface area contributed by atoms with Gasteiger partial charge in [0.15, 0.2) is 0 Å². The fourth-order valence-electron chi connectivity index (χ4n) is 2.65. The molecule has 0 unspecified atom stereocenters. The molecule has 24 heavy (non-hydrogen) atoms. The van der Waals surface area contributed by atoms with Crippen LogP contribution in [0.1, 0.15) is 30.9 Å². The lowest BCUT2D eigenvalue weighted by Crippen LogP contribution is -2.12. The third-order valence-corrected chi connectivity index (χ3v) is 3.92. The van der Waals surface area contributed by atoms with Crippen LogP contribution in [0.25, 0.3) is 17.1 Å². The number of aromatic nitrogens is 2. The maximum absolute atomic E-state index is 13.6. The van der Waals surface area contributed by atoms with Crippen molar-refractivity contribution in [1.29, 1.82) is 0 Å². The van der Waals surface area contributed by atoms with Gasteiger partial charge in [-0.1, -0.05) is 50.2 Å². The van der Waals surface area contributed by atoms with E-state index in [2.05, 4.69) is 4.98 Å². The number of rotatable bonds is 3. The van der Waals surface area contributed by atoms with Crippen LogP contribution in [0.15, 0.2) is 60.9 Å². The number of hydrogen-bond donors (Lipinski definition) is 0. The fourth-order valence-corrected chi connectivity index (χ4v) is 2.65. The van der Waals surface area contributed by atoms with Crippen molar-refractivity contribution in [2.24, 2.45) is 0 Å². The zero-order valence-electron chi connectivity index (χ0n) is 13.4. The Kier molecular flexibility index (Phi) is 4.18. The minimum Gasteiger partial charge on any atom is -0.299 e. The quantitative estimate of drug-likeness (QED) is 0.604. The average Bonchev–Trinajstić information content (AvgIpc) is 3.03. The Morgan fingerprint density at radius 3 is 2.33 bits per heavy atom. The van der Waals surface area contributed by atoms with Crippen LogP contribution in [0.2, 0.25) is 0 Å². The zero-order chi connectivity index (χ0) is 17.3. The van der Waals surface area contributed by atoms with Gasteiger partial charge >= 0.3 is 6.18 Å². The molecule has 5 heteroatoms. The summed E-state index contributed by atoms with van der Waals surface area (Å²) in [5.41, 5.74) is 0.864. The number of alkyl halides is 3. The molecule has 124 valence electrons. The molecule has 0 saturated heterocycles. The SMILES string of the molecule is CC(C)c1ccc(-n2ccnc2-c2ccccc2)c(C(F)(F)F)c1. The summed E-state index contributed by atoms with van der Waals surface area (Å²) in [7, 11) is 0. The van der Waals surface area contributed by atoms with Gasteiger partial charge in [0.1, 0.15) is 5.82 Å². The lowest BCUT2D eigenvalue weighted by molar-refractivity contribution is -0.137. The summed E-state index contributed by atoms with van der Waals surface area (Å²) >= 11 is 0. The number of benzene rings is 2. The van der Waals surface area contributed by atoms with E-state index in [0.717, 1.165) is 5.56 Å². The van der Waals surface area contributed by atoms with Gasteiger partial charge in [-0.25, -0.2) is 4.98 Å². The number of hydrogen-bond acceptors (Lipinski definition) is 1. The molecule has 1 heterocycles. The number of imidazole rings is 1. The van der Waals surface area contributed by atoms with Crippen molar-refractivity contribution in [2.75, 3.05) is 0 Å². The van der Waals surface area contributed by atoms with Crippen molar-refractivity contribution in [3.05, 3.63) is 72.1 Å². The Hall–Kier alpha value is -2.56. The van der Waals surface area contributed by atoms with E-state index in [4.69, 9.17) is 0 Å². The lowest BCUT2D eigenvalue weighted by atomic mass is 9.99. The molecule has 2 aromatic carbocycles. The van der Waals surface area contributed by atoms with Crippen LogP contribution in [0.3, 0.4) is 0 Å². The van der Waals surface area contributed by atoms with E-state index >= 15 is 0 Å². The van der Waals surface area contributed by atoms with E-state index in [1.807, 2.05) is 44.2 Å². The van der Waals surface area contributed by atoms with Crippen molar-refractivity contribution >= 4 is 0 Å². The highest BCUT2D eigenvalue weighted by Crippen LogP contribution is 2.37. The normalized spacial score (nSPS) is 11.9. The van der Waals surface area contributed by atoms with Gasteiger partial charge in [-0.2, -0.15) is 13.2 Å². The first-order chi connectivity index (χ1) is 11.4. The van der Waals surface area contributed by atoms with Crippen molar-refractivity contribution in [1.82, 2.24) is 9.55 Å². The van der Waals surface area contributed by atoms with Crippen LogP contribution in [-0.2, 0) is 6.18 Å². The largest absolute Gasteiger partial charge is 0.418 e. The standard InChI is InChI=1S/C19H17F3N2/c1-13(2)15-8-9-17(16(12-15)19(20,21)22)24-11-10-23-18(24)14-6-4-3-5-7-14/h3-13H,1-2H3. The predicted molar refractivity (Wildman–Crippen MR) is 88.1 cm³/mol. The average molecular weight is 330 g/mol. The summed E-state index contributed by atoms with van der Waals surface area (Å²) in [5.74, 6) is 0.509. The Balaban J connectivity index is 2.19. The first kappa shape index (κ1) is 16.3. The summed E-state index contributed by atoms with van der Waals surface area (Å²) in [5, 5.41) is 0. The van der Waals surface area contributed by atoms with Gasteiger partial charge in [-0.3, -0.25) is 4.57 Å². The Morgan fingerprint density at radius 2 is 1.71 bits per heavy atom. The van der Waals surface area contributed by atoms with Gasteiger partial charge in [0.2, 0.25) is 0 Å². The van der Waals surface area contributed by atoms with Gasteiger partial charge in [-0.15, -0.1) is 0 Å². The minimum absolute atomic E-state index is 0.0246. The molecule has 3 rings (SSSR count). The molecule has 3 aromatic rings. The van der Waals surface area contributed by atoms with Crippen molar-refractivity contribution in [3.63, 3.8) is 0 Å². The van der Waals surface area contributed by atoms with Gasteiger partial charge in [0, 0.05) is 18.0 Å². The van der Waals surface area contributed by atoms with Gasteiger partial charge in [-0.05, 0) is 23.6 Å². The van der Waals surface area contributed by atoms with Crippen molar-refractivity contribution < 1.29 is 13.2 Å². The topological polar surface area (TPSA) is 17.8 Å². The molecular weight excluding hydrogens is 313 g/mol. The van der Waals surface area contributed by atoms with Gasteiger partial charge in [0.05, 0.1) is 11.3 Å². The molecule has 0 bridgehead atoms. The van der Waals surface area contributed by atoms with Crippen LogP contribution in [-0.4, -0.2) is 9.55 Å². The Bertz CT molecular complexity index is 833. The molecule has 0 atom stereocenters. The van der Waals surface area contributed by atoms with E-state index in [1.165, 1.54) is 22.9 Å². The second-order valence-corrected chi connectivity index (χ2v) is 5.92. The van der Waals surface area contributed by atoms with Crippen molar-refractivity contribution in [3.8, 4) is 17.1 Å². The second kappa shape index (κ2) is 6.15. The van der Waals surface area contributed by atoms with E-state index in [9.17, 15) is 13.2 Å². The molecule has 0 fully saturated rings. The summed E-state index contributed by atoms with van der Waals surface area (Å²) in [6.45, 7) is 3.75. The molecule has 0 aliphatic rings. The second-order valence-electron chi connectivity index (χ2n) is 5.92. The first-order valence-corrected chi connectivity index (χ1v) is 7.68. The molecular formula is C19H17F3N2. The zero-order valence-corrected chi connectivity index (χ0v) is 13.4. The first-order valence-electron chi connectivity index (χ1n) is 7.68. The van der Waals surface area contributed by atoms with Crippen LogP contribution in [0.4, 0.5) is 13.2 Å². The van der Waals surface area contributed by atoms with Crippen LogP contribution in [0, 0.1) is 0 Å². The monoisotopic (exact) mass is 330 g/mol. The van der Waals surface area contributed by atoms with Gasteiger partial charge in [0.25, 0.3) is 0 Å². The third kappa shape index (κ3) is 3.07. The molecule has 0 aliphatic heterocycles. The Morgan fingerprint density at radius 1 is 1.00 bits per heavy atom. The van der Waals surface area contributed by atoms with Crippen LogP contribution < -0.4 is 0 Å². The summed E-state index contributed by atoms with van der Waals surface area (Å²) in [6, 6.07) is 13.7. The molecule has 0 spiro atoms. The van der Waals surface area contributed by atoms with E-state index in [-0.39, 0.29) is 11.6 Å². The predicted octanol–water partition coefficient (Wildman–Crippen LogP) is 5.68. The smallest absolute Gasteiger partial charge is 0.299 e. The molecule has 0 radical (unpaired) electrons. The maximum Gasteiger partial charge on any atom is 0.418 e. The third-order valence-electron chi connectivity index (χ3n) is 3.92. The molecule has 1 aromatic heterocycles. The summed E-state index contributed by atoms with van der Waals surface area (Å²) in [4.78, 5) is 4.24. The molecule has 0 aliphatic carbocycles. The number of halogens is 3. The molecule has 0 saturated carbocycles. The van der Waals surface area contributed by atoms with Crippen LogP contribution >= 0.6 is 0 Å². The highest BCUT2D eigenvalue weighted by Gasteiger charge is 2.35. The highest BCUT2D eigenvalue weighted by molar-refractivity contribution is 5.60. The highest BCUT2D eigenvalue weighted by atomic mass is 19.4. The molecule has 0 amide bonds. The molecule has 0 N–H and O–H groups in total. The van der Waals surface area contributed by atoms with Gasteiger partial charge < -0.3 is 0 Å². The maximum atomic E-state index is 13.6. The van der Waals surface area contributed by atoms with E-state index in [0.29, 0.717) is 11.4 Å². The van der Waals surface area contributed by atoms with E-state index in [1.54, 1.807) is 12.3 Å². The number of nitrogens with zero attached hydrogens (tertiary/aromatic N) is 2. The van der Waals surface area contributed by atoms with Crippen molar-refractivity contribution in [2.45, 2.75) is 25.9 Å². The van der Waals surface area contributed by atoms with E-state index < -0.39 is 11.7 Å². The fraction of sp³-hybridized carbons (Fsp3) is 0.211. The summed E-state index contributed by atoms with van der Waals surface area (Å²) in [6.07, 6.45) is -1.36. The summed E-state index contributed by atoms with van der Waals surface area (Å²) < 4.78 is 42.2. The lowest BCUT2D eigenvalue weighted by Gasteiger charge is -2.18. The Labute approximate surface area is 138 Å².